The lowest BCUT2D eigenvalue weighted by molar-refractivity contribution is -0.122. The van der Waals surface area contributed by atoms with Gasteiger partial charge in [-0.1, -0.05) is 6.92 Å². The summed E-state index contributed by atoms with van der Waals surface area (Å²) in [4.78, 5) is 26.8. The van der Waals surface area contributed by atoms with Crippen LogP contribution in [0.15, 0.2) is 42.0 Å². The smallest absolute Gasteiger partial charge is 0.270 e. The van der Waals surface area contributed by atoms with Crippen LogP contribution in [0, 0.1) is 9.39 Å². The van der Waals surface area contributed by atoms with E-state index < -0.39 is 17.6 Å². The van der Waals surface area contributed by atoms with E-state index in [1.54, 1.807) is 12.1 Å². The summed E-state index contributed by atoms with van der Waals surface area (Å²) < 4.78 is 25.5. The number of carbonyl (C=O) groups is 2. The van der Waals surface area contributed by atoms with E-state index in [2.05, 4.69) is 27.9 Å². The highest BCUT2D eigenvalue weighted by molar-refractivity contribution is 14.1. The Labute approximate surface area is 198 Å². The van der Waals surface area contributed by atoms with Crippen LogP contribution in [0.1, 0.15) is 25.8 Å². The molecule has 0 spiro atoms. The third kappa shape index (κ3) is 5.04. The first kappa shape index (κ1) is 23.1. The summed E-state index contributed by atoms with van der Waals surface area (Å²) in [5.41, 5.74) is 0.835. The summed E-state index contributed by atoms with van der Waals surface area (Å²) in [6.07, 6.45) is 2.30. The highest BCUT2D eigenvalue weighted by atomic mass is 127. The summed E-state index contributed by atoms with van der Waals surface area (Å²) in [6.45, 7) is 3.98. The van der Waals surface area contributed by atoms with Gasteiger partial charge >= 0.3 is 0 Å². The third-order valence-corrected chi connectivity index (χ3v) is 5.73. The first-order valence-electron chi connectivity index (χ1n) is 9.46. The van der Waals surface area contributed by atoms with Crippen molar-refractivity contribution in [1.82, 2.24) is 5.32 Å². The van der Waals surface area contributed by atoms with Gasteiger partial charge in [0.1, 0.15) is 11.4 Å². The second-order valence-electron chi connectivity index (χ2n) is 6.81. The molecule has 0 aliphatic carbocycles. The first-order chi connectivity index (χ1) is 14.7. The van der Waals surface area contributed by atoms with Crippen molar-refractivity contribution in [2.75, 3.05) is 12.0 Å². The van der Waals surface area contributed by atoms with Gasteiger partial charge in [-0.2, -0.15) is 0 Å². The van der Waals surface area contributed by atoms with Crippen LogP contribution in [0.2, 0.25) is 0 Å². The molecule has 0 radical (unpaired) electrons. The van der Waals surface area contributed by atoms with Crippen LogP contribution in [-0.4, -0.2) is 30.1 Å². The number of methoxy groups -OCH3 is 1. The van der Waals surface area contributed by atoms with E-state index >= 15 is 0 Å². The molecule has 1 aliphatic heterocycles. The second kappa shape index (κ2) is 9.73. The molecule has 1 fully saturated rings. The molecule has 162 valence electrons. The normalized spacial score (nSPS) is 16.4. The van der Waals surface area contributed by atoms with Gasteiger partial charge < -0.3 is 9.47 Å². The fourth-order valence-electron chi connectivity index (χ4n) is 2.87. The Balaban J connectivity index is 2.00. The van der Waals surface area contributed by atoms with Gasteiger partial charge in [0.2, 0.25) is 0 Å². The summed E-state index contributed by atoms with van der Waals surface area (Å²) in [7, 11) is 1.53. The maximum atomic E-state index is 13.3. The van der Waals surface area contributed by atoms with Crippen LogP contribution in [0.4, 0.5) is 10.1 Å². The molecule has 31 heavy (non-hydrogen) atoms. The topological polar surface area (TPSA) is 67.9 Å². The molecule has 0 unspecified atom stereocenters. The number of hydrogen-bond acceptors (Lipinski definition) is 5. The van der Waals surface area contributed by atoms with E-state index in [-0.39, 0.29) is 16.8 Å². The van der Waals surface area contributed by atoms with Gasteiger partial charge in [-0.05, 0) is 96.2 Å². The average molecular weight is 554 g/mol. The zero-order chi connectivity index (χ0) is 22.7. The lowest BCUT2D eigenvalue weighted by atomic mass is 10.1. The van der Waals surface area contributed by atoms with Gasteiger partial charge in [-0.3, -0.25) is 19.8 Å². The molecule has 1 saturated heterocycles. The minimum Gasteiger partial charge on any atom is -0.493 e. The molecular formula is C22H20FIN2O4S. The number of thiocarbonyl (C=S) groups is 1. The van der Waals surface area contributed by atoms with E-state index in [0.717, 1.165) is 14.9 Å². The standard InChI is InChI=1S/C22H20FIN2O4S/c1-4-12(2)30-19-17(24)10-13(11-18(19)29-3)9-16-20(27)25-22(31)26(21(16)28)15-7-5-14(23)6-8-15/h5-12H,4H2,1-3H3,(H,25,27,31)/b16-9-/t12-/m0/s1. The molecular weight excluding hydrogens is 534 g/mol. The molecule has 1 heterocycles. The quantitative estimate of drug-likeness (QED) is 0.248. The van der Waals surface area contributed by atoms with Gasteiger partial charge in [0.25, 0.3) is 11.8 Å². The molecule has 1 N–H and O–H groups in total. The number of nitrogens with zero attached hydrogens (tertiary/aromatic N) is 1. The van der Waals surface area contributed by atoms with Crippen molar-refractivity contribution in [3.05, 3.63) is 56.9 Å². The number of benzene rings is 2. The fourth-order valence-corrected chi connectivity index (χ4v) is 3.90. The fraction of sp³-hybridized carbons (Fsp3) is 0.227. The Morgan fingerprint density at radius 1 is 1.26 bits per heavy atom. The van der Waals surface area contributed by atoms with E-state index in [1.807, 2.05) is 13.8 Å². The van der Waals surface area contributed by atoms with Gasteiger partial charge in [0, 0.05) is 0 Å². The highest BCUT2D eigenvalue weighted by Crippen LogP contribution is 2.36. The van der Waals surface area contributed by atoms with Crippen molar-refractivity contribution in [2.45, 2.75) is 26.4 Å². The van der Waals surface area contributed by atoms with Crippen molar-refractivity contribution in [1.29, 1.82) is 0 Å². The zero-order valence-corrected chi connectivity index (χ0v) is 20.0. The molecule has 0 bridgehead atoms. The van der Waals surface area contributed by atoms with Crippen LogP contribution in [-0.2, 0) is 9.59 Å². The Bertz CT molecular complexity index is 1070. The van der Waals surface area contributed by atoms with Crippen LogP contribution in [0.3, 0.4) is 0 Å². The number of anilines is 1. The monoisotopic (exact) mass is 554 g/mol. The van der Waals surface area contributed by atoms with Crippen molar-refractivity contribution in [3.63, 3.8) is 0 Å². The predicted molar refractivity (Wildman–Crippen MR) is 129 cm³/mol. The molecule has 2 aromatic rings. The van der Waals surface area contributed by atoms with Gasteiger partial charge in [-0.15, -0.1) is 0 Å². The van der Waals surface area contributed by atoms with Crippen LogP contribution < -0.4 is 19.7 Å². The Hall–Kier alpha value is -2.53. The molecule has 9 heteroatoms. The van der Waals surface area contributed by atoms with E-state index in [1.165, 1.54) is 37.5 Å². The minimum absolute atomic E-state index is 0.00241. The molecule has 0 aromatic heterocycles. The number of halogens is 2. The lowest BCUT2D eigenvalue weighted by Crippen LogP contribution is -2.54. The number of amides is 2. The zero-order valence-electron chi connectivity index (χ0n) is 17.1. The molecule has 6 nitrogen and oxygen atoms in total. The van der Waals surface area contributed by atoms with Crippen LogP contribution in [0.25, 0.3) is 6.08 Å². The second-order valence-corrected chi connectivity index (χ2v) is 8.35. The maximum Gasteiger partial charge on any atom is 0.270 e. The molecule has 2 aromatic carbocycles. The highest BCUT2D eigenvalue weighted by Gasteiger charge is 2.34. The summed E-state index contributed by atoms with van der Waals surface area (Å²) >= 11 is 7.28. The van der Waals surface area contributed by atoms with E-state index in [9.17, 15) is 14.0 Å². The van der Waals surface area contributed by atoms with Crippen molar-refractivity contribution < 1.29 is 23.5 Å². The molecule has 0 saturated carbocycles. The number of ether oxygens (including phenoxy) is 2. The maximum absolute atomic E-state index is 13.3. The molecule has 1 aliphatic rings. The number of rotatable bonds is 6. The molecule has 3 rings (SSSR count). The number of hydrogen-bond donors (Lipinski definition) is 1. The van der Waals surface area contributed by atoms with Crippen molar-refractivity contribution in [2.24, 2.45) is 0 Å². The van der Waals surface area contributed by atoms with E-state index in [4.69, 9.17) is 21.7 Å². The average Bonchev–Trinajstić information content (AvgIpc) is 2.73. The lowest BCUT2D eigenvalue weighted by Gasteiger charge is -2.29. The predicted octanol–water partition coefficient (Wildman–Crippen LogP) is 4.45. The largest absolute Gasteiger partial charge is 0.493 e. The van der Waals surface area contributed by atoms with Crippen molar-refractivity contribution in [3.8, 4) is 11.5 Å². The molecule has 2 amide bonds. The molecule has 1 atom stereocenters. The van der Waals surface area contributed by atoms with Gasteiger partial charge in [0.15, 0.2) is 16.6 Å². The number of carbonyl (C=O) groups excluding carboxylic acids is 2. The Kier molecular flexibility index (Phi) is 7.26. The minimum atomic E-state index is -0.609. The SMILES string of the molecule is CC[C@H](C)Oc1c(I)cc(/C=C2/C(=O)NC(=S)N(c3ccc(F)cc3)C2=O)cc1OC. The summed E-state index contributed by atoms with van der Waals surface area (Å²) in [6, 6.07) is 8.76. The first-order valence-corrected chi connectivity index (χ1v) is 10.9. The van der Waals surface area contributed by atoms with Crippen molar-refractivity contribution >= 4 is 63.5 Å². The van der Waals surface area contributed by atoms with Crippen LogP contribution in [0.5, 0.6) is 11.5 Å². The Morgan fingerprint density at radius 3 is 2.55 bits per heavy atom. The summed E-state index contributed by atoms with van der Waals surface area (Å²) in [5.74, 6) is -0.557. The number of nitrogens with one attached hydrogen (secondary N) is 1. The van der Waals surface area contributed by atoms with Gasteiger partial charge in [0.05, 0.1) is 22.5 Å². The summed E-state index contributed by atoms with van der Waals surface area (Å²) in [5, 5.41) is 2.44. The van der Waals surface area contributed by atoms with Crippen LogP contribution >= 0.6 is 34.8 Å². The third-order valence-electron chi connectivity index (χ3n) is 4.64. The Morgan fingerprint density at radius 2 is 1.94 bits per heavy atom. The van der Waals surface area contributed by atoms with Gasteiger partial charge in [-0.25, -0.2) is 4.39 Å². The van der Waals surface area contributed by atoms with E-state index in [0.29, 0.717) is 22.7 Å².